The Morgan fingerprint density at radius 2 is 2.15 bits per heavy atom. The number of hydrogen-bond acceptors (Lipinski definition) is 5. The Labute approximate surface area is 118 Å². The summed E-state index contributed by atoms with van der Waals surface area (Å²) < 4.78 is 13.0. The first-order valence-corrected chi connectivity index (χ1v) is 6.46. The van der Waals surface area contributed by atoms with Crippen molar-refractivity contribution in [2.24, 2.45) is 7.05 Å². The van der Waals surface area contributed by atoms with Crippen LogP contribution in [0.25, 0.3) is 0 Å². The van der Waals surface area contributed by atoms with Crippen molar-refractivity contribution in [3.63, 3.8) is 0 Å². The first-order valence-electron chi connectivity index (χ1n) is 6.46. The van der Waals surface area contributed by atoms with Gasteiger partial charge in [0.15, 0.2) is 17.3 Å². The summed E-state index contributed by atoms with van der Waals surface area (Å²) in [6.07, 6.45) is 1.65. The molecule has 0 aliphatic carbocycles. The molecule has 0 aliphatic heterocycles. The molecule has 0 spiro atoms. The molecule has 0 radical (unpaired) electrons. The number of nitrogens with zero attached hydrogens (tertiary/aromatic N) is 3. The van der Waals surface area contributed by atoms with Gasteiger partial charge in [-0.05, 0) is 31.7 Å². The van der Waals surface area contributed by atoms with Gasteiger partial charge in [-0.2, -0.15) is 0 Å². The molecule has 0 amide bonds. The summed E-state index contributed by atoms with van der Waals surface area (Å²) in [4.78, 5) is 0. The normalized spacial score (nSPS) is 12.2. The molecule has 0 saturated heterocycles. The number of hydrogen-bond donors (Lipinski definition) is 1. The van der Waals surface area contributed by atoms with E-state index in [9.17, 15) is 0 Å². The summed E-state index contributed by atoms with van der Waals surface area (Å²) in [6, 6.07) is 6.18. The lowest BCUT2D eigenvalue weighted by molar-refractivity contribution is 0.272. The Morgan fingerprint density at radius 1 is 1.35 bits per heavy atom. The van der Waals surface area contributed by atoms with Gasteiger partial charge in [0.2, 0.25) is 0 Å². The first-order chi connectivity index (χ1) is 9.65. The van der Waals surface area contributed by atoms with E-state index in [1.807, 2.05) is 36.9 Å². The van der Waals surface area contributed by atoms with Crippen LogP contribution in [0.2, 0.25) is 0 Å². The van der Waals surface area contributed by atoms with Gasteiger partial charge in [-0.1, -0.05) is 6.07 Å². The van der Waals surface area contributed by atoms with Gasteiger partial charge in [0.05, 0.1) is 7.11 Å². The predicted molar refractivity (Wildman–Crippen MR) is 75.8 cm³/mol. The average Bonchev–Trinajstić information content (AvgIpc) is 2.89. The van der Waals surface area contributed by atoms with Crippen LogP contribution in [-0.2, 0) is 13.7 Å². The second kappa shape index (κ2) is 6.38. The van der Waals surface area contributed by atoms with Crippen LogP contribution in [-0.4, -0.2) is 28.9 Å². The third-order valence-corrected chi connectivity index (χ3v) is 3.28. The molecule has 6 heteroatoms. The molecule has 2 rings (SSSR count). The van der Waals surface area contributed by atoms with Crippen molar-refractivity contribution in [1.82, 2.24) is 20.1 Å². The van der Waals surface area contributed by atoms with Gasteiger partial charge in [0, 0.05) is 13.1 Å². The van der Waals surface area contributed by atoms with Crippen LogP contribution in [0.15, 0.2) is 24.5 Å². The van der Waals surface area contributed by atoms with E-state index < -0.39 is 0 Å². The zero-order valence-corrected chi connectivity index (χ0v) is 12.3. The Morgan fingerprint density at radius 3 is 2.75 bits per heavy atom. The van der Waals surface area contributed by atoms with Crippen molar-refractivity contribution >= 4 is 0 Å². The molecule has 1 aromatic carbocycles. The standard InChI is InChI=1S/C14H20N4O2/c1-10(15-2)11-5-6-12(13(7-11)19-4)20-8-14-17-16-9-18(14)3/h5-7,9-10,15H,8H2,1-4H3. The summed E-state index contributed by atoms with van der Waals surface area (Å²) in [7, 11) is 5.45. The molecule has 1 N–H and O–H groups in total. The Bertz CT molecular complexity index is 568. The van der Waals surface area contributed by atoms with Crippen molar-refractivity contribution < 1.29 is 9.47 Å². The molecular formula is C14H20N4O2. The Balaban J connectivity index is 2.13. The number of aromatic nitrogens is 3. The molecular weight excluding hydrogens is 256 g/mol. The zero-order chi connectivity index (χ0) is 14.5. The fourth-order valence-electron chi connectivity index (χ4n) is 1.82. The summed E-state index contributed by atoms with van der Waals surface area (Å²) in [6.45, 7) is 2.45. The van der Waals surface area contributed by atoms with E-state index in [1.54, 1.807) is 13.4 Å². The van der Waals surface area contributed by atoms with E-state index in [4.69, 9.17) is 9.47 Å². The minimum Gasteiger partial charge on any atom is -0.493 e. The van der Waals surface area contributed by atoms with Gasteiger partial charge in [-0.3, -0.25) is 0 Å². The zero-order valence-electron chi connectivity index (χ0n) is 12.3. The van der Waals surface area contributed by atoms with Crippen LogP contribution >= 0.6 is 0 Å². The van der Waals surface area contributed by atoms with Crippen molar-refractivity contribution in [3.8, 4) is 11.5 Å². The van der Waals surface area contributed by atoms with Crippen molar-refractivity contribution in [1.29, 1.82) is 0 Å². The third kappa shape index (κ3) is 3.08. The van der Waals surface area contributed by atoms with E-state index in [0.717, 1.165) is 11.4 Å². The molecule has 6 nitrogen and oxygen atoms in total. The highest BCUT2D eigenvalue weighted by molar-refractivity contribution is 5.43. The molecule has 0 saturated carbocycles. The largest absolute Gasteiger partial charge is 0.493 e. The van der Waals surface area contributed by atoms with Crippen LogP contribution in [0.1, 0.15) is 24.4 Å². The first kappa shape index (κ1) is 14.3. The van der Waals surface area contributed by atoms with Gasteiger partial charge in [0.25, 0.3) is 0 Å². The van der Waals surface area contributed by atoms with Crippen LogP contribution in [0.4, 0.5) is 0 Å². The van der Waals surface area contributed by atoms with Crippen molar-refractivity contribution in [2.45, 2.75) is 19.6 Å². The maximum Gasteiger partial charge on any atom is 0.170 e. The van der Waals surface area contributed by atoms with Gasteiger partial charge >= 0.3 is 0 Å². The second-order valence-electron chi connectivity index (χ2n) is 4.57. The van der Waals surface area contributed by atoms with Gasteiger partial charge in [0.1, 0.15) is 12.9 Å². The predicted octanol–water partition coefficient (Wildman–Crippen LogP) is 1.68. The lowest BCUT2D eigenvalue weighted by Crippen LogP contribution is -2.12. The maximum atomic E-state index is 5.75. The number of methoxy groups -OCH3 is 1. The van der Waals surface area contributed by atoms with Gasteiger partial charge in [-0.15, -0.1) is 10.2 Å². The Kier molecular flexibility index (Phi) is 4.57. The molecule has 2 aromatic rings. The number of aryl methyl sites for hydroxylation is 1. The van der Waals surface area contributed by atoms with E-state index >= 15 is 0 Å². The summed E-state index contributed by atoms with van der Waals surface area (Å²) in [5, 5.41) is 11.0. The average molecular weight is 276 g/mol. The van der Waals surface area contributed by atoms with Gasteiger partial charge in [-0.25, -0.2) is 0 Å². The number of benzene rings is 1. The summed E-state index contributed by atoms with van der Waals surface area (Å²) in [5.74, 6) is 2.18. The number of ether oxygens (including phenoxy) is 2. The summed E-state index contributed by atoms with van der Waals surface area (Å²) in [5.41, 5.74) is 1.15. The van der Waals surface area contributed by atoms with Crippen LogP contribution in [0.3, 0.4) is 0 Å². The van der Waals surface area contributed by atoms with Crippen LogP contribution in [0.5, 0.6) is 11.5 Å². The van der Waals surface area contributed by atoms with E-state index in [1.165, 1.54) is 0 Å². The fourth-order valence-corrected chi connectivity index (χ4v) is 1.82. The lowest BCUT2D eigenvalue weighted by Gasteiger charge is -2.15. The SMILES string of the molecule is CNC(C)c1ccc(OCc2nncn2C)c(OC)c1. The second-order valence-corrected chi connectivity index (χ2v) is 4.57. The molecule has 0 fully saturated rings. The van der Waals surface area contributed by atoms with Crippen LogP contribution < -0.4 is 14.8 Å². The minimum atomic E-state index is 0.261. The van der Waals surface area contributed by atoms with Crippen molar-refractivity contribution in [3.05, 3.63) is 35.9 Å². The third-order valence-electron chi connectivity index (χ3n) is 3.28. The van der Waals surface area contributed by atoms with E-state index in [0.29, 0.717) is 18.1 Å². The van der Waals surface area contributed by atoms with Gasteiger partial charge < -0.3 is 19.4 Å². The highest BCUT2D eigenvalue weighted by Gasteiger charge is 2.10. The number of rotatable bonds is 6. The highest BCUT2D eigenvalue weighted by atomic mass is 16.5. The molecule has 0 bridgehead atoms. The molecule has 108 valence electrons. The topological polar surface area (TPSA) is 61.2 Å². The minimum absolute atomic E-state index is 0.261. The highest BCUT2D eigenvalue weighted by Crippen LogP contribution is 2.30. The lowest BCUT2D eigenvalue weighted by atomic mass is 10.1. The van der Waals surface area contributed by atoms with Crippen LogP contribution in [0, 0.1) is 0 Å². The molecule has 1 unspecified atom stereocenters. The monoisotopic (exact) mass is 276 g/mol. The van der Waals surface area contributed by atoms with E-state index in [2.05, 4.69) is 22.4 Å². The Hall–Kier alpha value is -2.08. The quantitative estimate of drug-likeness (QED) is 0.870. The molecule has 1 atom stereocenters. The molecule has 1 heterocycles. The number of nitrogens with one attached hydrogen (secondary N) is 1. The summed E-state index contributed by atoms with van der Waals surface area (Å²) >= 11 is 0. The smallest absolute Gasteiger partial charge is 0.170 e. The molecule has 1 aromatic heterocycles. The molecule has 20 heavy (non-hydrogen) atoms. The molecule has 0 aliphatic rings. The van der Waals surface area contributed by atoms with Crippen molar-refractivity contribution in [2.75, 3.05) is 14.2 Å². The van der Waals surface area contributed by atoms with E-state index in [-0.39, 0.29) is 6.04 Å². The fraction of sp³-hybridized carbons (Fsp3) is 0.429. The maximum absolute atomic E-state index is 5.75.